The van der Waals surface area contributed by atoms with Gasteiger partial charge < -0.3 is 15.4 Å². The minimum absolute atomic E-state index is 0. The highest BCUT2D eigenvalue weighted by Crippen LogP contribution is 2.17. The van der Waals surface area contributed by atoms with E-state index < -0.39 is 0 Å². The normalized spacial score (nSPS) is 15.1. The van der Waals surface area contributed by atoms with Gasteiger partial charge in [0, 0.05) is 19.5 Å². The summed E-state index contributed by atoms with van der Waals surface area (Å²) in [5.74, 6) is 0.305. The summed E-state index contributed by atoms with van der Waals surface area (Å²) in [4.78, 5) is 14.2. The molecule has 0 radical (unpaired) electrons. The molecule has 0 unspecified atom stereocenters. The van der Waals surface area contributed by atoms with Crippen LogP contribution in [0.25, 0.3) is 0 Å². The van der Waals surface area contributed by atoms with Crippen molar-refractivity contribution in [2.75, 3.05) is 19.6 Å². The van der Waals surface area contributed by atoms with Gasteiger partial charge in [0.05, 0.1) is 12.7 Å². The van der Waals surface area contributed by atoms with Crippen LogP contribution in [0.1, 0.15) is 50.5 Å². The zero-order chi connectivity index (χ0) is 16.3. The van der Waals surface area contributed by atoms with Crippen molar-refractivity contribution in [3.8, 4) is 0 Å². The number of hydrogen-bond acceptors (Lipinski definition) is 3. The van der Waals surface area contributed by atoms with E-state index in [0.717, 1.165) is 58.2 Å². The molecule has 0 saturated carbocycles. The van der Waals surface area contributed by atoms with Gasteiger partial charge in [-0.25, -0.2) is 0 Å². The second kappa shape index (κ2) is 12.3. The fourth-order valence-corrected chi connectivity index (χ4v) is 2.99. The van der Waals surface area contributed by atoms with Crippen LogP contribution in [0.15, 0.2) is 30.3 Å². The minimum atomic E-state index is 0. The highest BCUT2D eigenvalue weighted by molar-refractivity contribution is 5.85. The molecule has 4 nitrogen and oxygen atoms in total. The van der Waals surface area contributed by atoms with Gasteiger partial charge in [-0.2, -0.15) is 0 Å². The summed E-state index contributed by atoms with van der Waals surface area (Å²) >= 11 is 0. The number of amides is 1. The number of piperidine rings is 1. The number of halogens is 1. The van der Waals surface area contributed by atoms with Crippen LogP contribution < -0.4 is 5.73 Å². The third kappa shape index (κ3) is 7.65. The summed E-state index contributed by atoms with van der Waals surface area (Å²) in [6.07, 6.45) is 7.17. The molecular formula is C19H31ClN2O2. The lowest BCUT2D eigenvalue weighted by atomic mass is 10.1. The molecule has 1 aliphatic heterocycles. The van der Waals surface area contributed by atoms with Crippen LogP contribution in [0.5, 0.6) is 0 Å². The predicted molar refractivity (Wildman–Crippen MR) is 100 cm³/mol. The number of unbranched alkanes of at least 4 members (excludes halogenated alkanes) is 3. The van der Waals surface area contributed by atoms with Crippen molar-refractivity contribution in [2.24, 2.45) is 5.73 Å². The number of carbonyl (C=O) groups is 1. The molecule has 1 aliphatic rings. The minimum Gasteiger partial charge on any atom is -0.373 e. The predicted octanol–water partition coefficient (Wildman–Crippen LogP) is 3.53. The first-order valence-corrected chi connectivity index (χ1v) is 8.93. The molecule has 0 spiro atoms. The maximum Gasteiger partial charge on any atom is 0.222 e. The Kier molecular flexibility index (Phi) is 10.7. The molecule has 2 rings (SSSR count). The van der Waals surface area contributed by atoms with Crippen molar-refractivity contribution >= 4 is 18.3 Å². The lowest BCUT2D eigenvalue weighted by Crippen LogP contribution is -2.40. The van der Waals surface area contributed by atoms with Crippen LogP contribution >= 0.6 is 12.4 Å². The van der Waals surface area contributed by atoms with Crippen LogP contribution in [-0.4, -0.2) is 36.5 Å². The van der Waals surface area contributed by atoms with Crippen molar-refractivity contribution in [2.45, 2.75) is 57.7 Å². The van der Waals surface area contributed by atoms with Gasteiger partial charge in [-0.1, -0.05) is 43.2 Å². The zero-order valence-corrected chi connectivity index (χ0v) is 15.3. The Morgan fingerprint density at radius 3 is 2.42 bits per heavy atom. The fourth-order valence-electron chi connectivity index (χ4n) is 2.99. The smallest absolute Gasteiger partial charge is 0.222 e. The number of hydrogen-bond donors (Lipinski definition) is 1. The Labute approximate surface area is 152 Å². The van der Waals surface area contributed by atoms with Crippen molar-refractivity contribution in [1.29, 1.82) is 0 Å². The largest absolute Gasteiger partial charge is 0.373 e. The summed E-state index contributed by atoms with van der Waals surface area (Å²) in [7, 11) is 0. The third-order valence-corrected chi connectivity index (χ3v) is 4.47. The molecule has 0 atom stereocenters. The highest BCUT2D eigenvalue weighted by Gasteiger charge is 2.22. The Hall–Kier alpha value is -1.10. The van der Waals surface area contributed by atoms with Gasteiger partial charge in [0.15, 0.2) is 0 Å². The number of likely N-dealkylation sites (tertiary alicyclic amines) is 1. The standard InChI is InChI=1S/C19H30N2O2.ClH/c20-13-7-2-1-6-10-19(22)21-14-11-18(12-15-21)23-16-17-8-4-3-5-9-17;/h3-5,8-9,18H,1-2,6-7,10-16,20H2;1H. The van der Waals surface area contributed by atoms with Gasteiger partial charge in [0.25, 0.3) is 0 Å². The zero-order valence-electron chi connectivity index (χ0n) is 14.5. The summed E-state index contributed by atoms with van der Waals surface area (Å²) < 4.78 is 5.97. The van der Waals surface area contributed by atoms with Crippen LogP contribution in [-0.2, 0) is 16.1 Å². The Morgan fingerprint density at radius 1 is 1.08 bits per heavy atom. The van der Waals surface area contributed by atoms with E-state index in [-0.39, 0.29) is 18.5 Å². The molecule has 24 heavy (non-hydrogen) atoms. The lowest BCUT2D eigenvalue weighted by molar-refractivity contribution is -0.134. The fraction of sp³-hybridized carbons (Fsp3) is 0.632. The van der Waals surface area contributed by atoms with E-state index in [9.17, 15) is 4.79 Å². The molecule has 136 valence electrons. The second-order valence-electron chi connectivity index (χ2n) is 6.33. The number of ether oxygens (including phenoxy) is 1. The quantitative estimate of drug-likeness (QED) is 0.690. The average molecular weight is 355 g/mol. The number of carbonyl (C=O) groups excluding carboxylic acids is 1. The van der Waals surface area contributed by atoms with E-state index in [1.54, 1.807) is 0 Å². The highest BCUT2D eigenvalue weighted by atomic mass is 35.5. The van der Waals surface area contributed by atoms with Gasteiger partial charge in [-0.05, 0) is 37.8 Å². The van der Waals surface area contributed by atoms with Crippen molar-refractivity contribution < 1.29 is 9.53 Å². The molecule has 0 bridgehead atoms. The van der Waals surface area contributed by atoms with Gasteiger partial charge >= 0.3 is 0 Å². The van der Waals surface area contributed by atoms with Gasteiger partial charge in [-0.15, -0.1) is 12.4 Å². The SMILES string of the molecule is Cl.NCCCCCCC(=O)N1CCC(OCc2ccccc2)CC1. The van der Waals surface area contributed by atoms with Gasteiger partial charge in [0.2, 0.25) is 5.91 Å². The van der Waals surface area contributed by atoms with E-state index in [0.29, 0.717) is 18.9 Å². The van der Waals surface area contributed by atoms with Crippen LogP contribution in [0.3, 0.4) is 0 Å². The third-order valence-electron chi connectivity index (χ3n) is 4.47. The van der Waals surface area contributed by atoms with Crippen molar-refractivity contribution in [3.05, 3.63) is 35.9 Å². The molecule has 0 aliphatic carbocycles. The Bertz CT molecular complexity index is 448. The summed E-state index contributed by atoms with van der Waals surface area (Å²) in [6, 6.07) is 10.3. The van der Waals surface area contributed by atoms with Crippen molar-refractivity contribution in [3.63, 3.8) is 0 Å². The average Bonchev–Trinajstić information content (AvgIpc) is 2.61. The molecule has 1 aromatic carbocycles. The van der Waals surface area contributed by atoms with E-state index in [2.05, 4.69) is 12.1 Å². The molecule has 1 saturated heterocycles. The molecule has 1 heterocycles. The van der Waals surface area contributed by atoms with E-state index >= 15 is 0 Å². The lowest BCUT2D eigenvalue weighted by Gasteiger charge is -2.32. The molecule has 0 aromatic heterocycles. The molecule has 1 amide bonds. The monoisotopic (exact) mass is 354 g/mol. The first-order chi connectivity index (χ1) is 11.3. The number of nitrogens with zero attached hydrogens (tertiary/aromatic N) is 1. The summed E-state index contributed by atoms with van der Waals surface area (Å²) in [5, 5.41) is 0. The first-order valence-electron chi connectivity index (χ1n) is 8.93. The Morgan fingerprint density at radius 2 is 1.75 bits per heavy atom. The molecule has 5 heteroatoms. The van der Waals surface area contributed by atoms with E-state index in [1.165, 1.54) is 5.56 Å². The number of rotatable bonds is 9. The van der Waals surface area contributed by atoms with Crippen molar-refractivity contribution in [1.82, 2.24) is 4.90 Å². The van der Waals surface area contributed by atoms with E-state index in [4.69, 9.17) is 10.5 Å². The topological polar surface area (TPSA) is 55.6 Å². The second-order valence-corrected chi connectivity index (χ2v) is 6.33. The maximum atomic E-state index is 12.2. The molecular weight excluding hydrogens is 324 g/mol. The van der Waals surface area contributed by atoms with Crippen LogP contribution in [0.2, 0.25) is 0 Å². The van der Waals surface area contributed by atoms with Crippen LogP contribution in [0, 0.1) is 0 Å². The van der Waals surface area contributed by atoms with Crippen LogP contribution in [0.4, 0.5) is 0 Å². The Balaban J connectivity index is 0.00000288. The van der Waals surface area contributed by atoms with E-state index in [1.807, 2.05) is 23.1 Å². The number of nitrogens with two attached hydrogens (primary N) is 1. The summed E-state index contributed by atoms with van der Waals surface area (Å²) in [5.41, 5.74) is 6.69. The van der Waals surface area contributed by atoms with Gasteiger partial charge in [-0.3, -0.25) is 4.79 Å². The first kappa shape index (κ1) is 20.9. The maximum absolute atomic E-state index is 12.2. The molecule has 1 aromatic rings. The van der Waals surface area contributed by atoms with Gasteiger partial charge in [0.1, 0.15) is 0 Å². The number of benzene rings is 1. The molecule has 1 fully saturated rings. The summed E-state index contributed by atoms with van der Waals surface area (Å²) in [6.45, 7) is 3.09. The molecule has 2 N–H and O–H groups in total.